The summed E-state index contributed by atoms with van der Waals surface area (Å²) in [4.78, 5) is 12.7. The maximum atomic E-state index is 12.5. The van der Waals surface area contributed by atoms with Gasteiger partial charge in [0.05, 0.1) is 4.90 Å². The number of rotatable bonds is 5. The molecule has 0 aromatic heterocycles. The van der Waals surface area contributed by atoms with Crippen molar-refractivity contribution in [3.8, 4) is 0 Å². The van der Waals surface area contributed by atoms with Gasteiger partial charge in [-0.2, -0.15) is 0 Å². The maximum absolute atomic E-state index is 12.5. The van der Waals surface area contributed by atoms with E-state index in [0.29, 0.717) is 17.2 Å². The Hall–Kier alpha value is -2.34. The first kappa shape index (κ1) is 18.0. The zero-order valence-corrected chi connectivity index (χ0v) is 16.1. The van der Waals surface area contributed by atoms with Crippen LogP contribution in [0.1, 0.15) is 41.6 Å². The Kier molecular flexibility index (Phi) is 4.68. The van der Waals surface area contributed by atoms with E-state index in [4.69, 9.17) is 0 Å². The lowest BCUT2D eigenvalue weighted by molar-refractivity contribution is 0.0923. The van der Waals surface area contributed by atoms with Crippen molar-refractivity contribution in [1.82, 2.24) is 5.32 Å². The Morgan fingerprint density at radius 2 is 1.67 bits per heavy atom. The molecule has 0 radical (unpaired) electrons. The average Bonchev–Trinajstić information content (AvgIpc) is 3.25. The molecule has 2 aromatic rings. The van der Waals surface area contributed by atoms with E-state index in [1.807, 2.05) is 6.92 Å². The molecule has 2 aliphatic rings. The minimum atomic E-state index is -3.64. The van der Waals surface area contributed by atoms with Gasteiger partial charge >= 0.3 is 0 Å². The number of hydrogen-bond donors (Lipinski definition) is 2. The largest absolute Gasteiger partial charge is 0.349 e. The number of nitrogens with one attached hydrogen (secondary N) is 2. The number of benzene rings is 2. The third kappa shape index (κ3) is 3.86. The van der Waals surface area contributed by atoms with Crippen LogP contribution < -0.4 is 10.0 Å². The van der Waals surface area contributed by atoms with Crippen molar-refractivity contribution < 1.29 is 13.2 Å². The van der Waals surface area contributed by atoms with Crippen molar-refractivity contribution in [2.75, 3.05) is 4.72 Å². The van der Waals surface area contributed by atoms with Crippen molar-refractivity contribution in [2.45, 2.75) is 43.5 Å². The summed E-state index contributed by atoms with van der Waals surface area (Å²) in [5.41, 5.74) is 1.99. The first-order valence-electron chi connectivity index (χ1n) is 9.41. The van der Waals surface area contributed by atoms with Crippen LogP contribution in [0.15, 0.2) is 53.4 Å². The molecule has 2 bridgehead atoms. The van der Waals surface area contributed by atoms with Crippen LogP contribution in [0.4, 0.5) is 5.69 Å². The second kappa shape index (κ2) is 7.00. The molecule has 5 nitrogen and oxygen atoms in total. The normalized spacial score (nSPS) is 24.0. The van der Waals surface area contributed by atoms with Gasteiger partial charge in [0.2, 0.25) is 0 Å². The Bertz CT molecular complexity index is 936. The Morgan fingerprint density at radius 3 is 2.26 bits per heavy atom. The van der Waals surface area contributed by atoms with Gasteiger partial charge in [0.15, 0.2) is 0 Å². The summed E-state index contributed by atoms with van der Waals surface area (Å²) >= 11 is 0. The topological polar surface area (TPSA) is 75.3 Å². The molecule has 2 saturated carbocycles. The lowest BCUT2D eigenvalue weighted by atomic mass is 9.95. The third-order valence-corrected chi connectivity index (χ3v) is 7.18. The number of hydrogen-bond acceptors (Lipinski definition) is 3. The van der Waals surface area contributed by atoms with Gasteiger partial charge in [-0.15, -0.1) is 0 Å². The summed E-state index contributed by atoms with van der Waals surface area (Å²) in [6, 6.07) is 13.5. The molecule has 1 amide bonds. The zero-order valence-electron chi connectivity index (χ0n) is 15.3. The maximum Gasteiger partial charge on any atom is 0.261 e. The molecule has 3 atom stereocenters. The van der Waals surface area contributed by atoms with Crippen molar-refractivity contribution in [2.24, 2.45) is 11.8 Å². The van der Waals surface area contributed by atoms with Gasteiger partial charge in [-0.1, -0.05) is 24.1 Å². The fraction of sp³-hybridized carbons (Fsp3) is 0.381. The molecule has 2 fully saturated rings. The molecule has 4 rings (SSSR count). The second-order valence-electron chi connectivity index (χ2n) is 7.75. The summed E-state index contributed by atoms with van der Waals surface area (Å²) in [5, 5.41) is 3.15. The molecule has 142 valence electrons. The highest BCUT2D eigenvalue weighted by Crippen LogP contribution is 2.44. The molecular weight excluding hydrogens is 360 g/mol. The molecule has 0 heterocycles. The van der Waals surface area contributed by atoms with Gasteiger partial charge in [0.25, 0.3) is 15.9 Å². The minimum Gasteiger partial charge on any atom is -0.349 e. The second-order valence-corrected chi connectivity index (χ2v) is 9.43. The van der Waals surface area contributed by atoms with Crippen LogP contribution in [0.25, 0.3) is 0 Å². The van der Waals surface area contributed by atoms with E-state index in [1.54, 1.807) is 48.5 Å². The predicted octanol–water partition coefficient (Wildman–Crippen LogP) is 3.71. The zero-order chi connectivity index (χ0) is 19.0. The van der Waals surface area contributed by atoms with E-state index < -0.39 is 10.0 Å². The van der Waals surface area contributed by atoms with E-state index in [1.165, 1.54) is 19.3 Å². The lowest BCUT2D eigenvalue weighted by Gasteiger charge is -2.22. The summed E-state index contributed by atoms with van der Waals surface area (Å²) in [6.07, 6.45) is 4.84. The van der Waals surface area contributed by atoms with Gasteiger partial charge in [-0.05, 0) is 74.4 Å². The highest BCUT2D eigenvalue weighted by molar-refractivity contribution is 7.92. The minimum absolute atomic E-state index is 0.0829. The standard InChI is InChI=1S/C21H24N2O3S/c1-14-2-10-19(11-3-14)27(25,26)23-18-8-6-16(7-9-18)21(24)22-20-13-15-4-5-17(20)12-15/h2-3,6-11,15,17,20,23H,4-5,12-13H2,1H3,(H,22,24)/t15-,17-,20-/m0/s1. The van der Waals surface area contributed by atoms with E-state index in [0.717, 1.165) is 17.9 Å². The van der Waals surface area contributed by atoms with Crippen molar-refractivity contribution in [3.63, 3.8) is 0 Å². The van der Waals surface area contributed by atoms with E-state index in [9.17, 15) is 13.2 Å². The van der Waals surface area contributed by atoms with Crippen LogP contribution in [-0.4, -0.2) is 20.4 Å². The SMILES string of the molecule is Cc1ccc(S(=O)(=O)Nc2ccc(C(=O)N[C@H]3C[C@H]4CC[C@H]3C4)cc2)cc1. The van der Waals surface area contributed by atoms with Gasteiger partial charge in [0.1, 0.15) is 0 Å². The van der Waals surface area contributed by atoms with Gasteiger partial charge in [0, 0.05) is 17.3 Å². The average molecular weight is 385 g/mol. The van der Waals surface area contributed by atoms with Crippen molar-refractivity contribution >= 4 is 21.6 Å². The summed E-state index contributed by atoms with van der Waals surface area (Å²) in [7, 11) is -3.64. The molecule has 0 saturated heterocycles. The van der Waals surface area contributed by atoms with Crippen LogP contribution in [-0.2, 0) is 10.0 Å². The first-order valence-corrected chi connectivity index (χ1v) is 10.9. The van der Waals surface area contributed by atoms with E-state index in [-0.39, 0.29) is 16.8 Å². The first-order chi connectivity index (χ1) is 12.9. The van der Waals surface area contributed by atoms with Crippen molar-refractivity contribution in [1.29, 1.82) is 0 Å². The fourth-order valence-electron chi connectivity index (χ4n) is 4.29. The molecular formula is C21H24N2O3S. The number of amides is 1. The molecule has 2 N–H and O–H groups in total. The molecule has 27 heavy (non-hydrogen) atoms. The Balaban J connectivity index is 1.41. The van der Waals surface area contributed by atoms with Crippen molar-refractivity contribution in [3.05, 3.63) is 59.7 Å². The smallest absolute Gasteiger partial charge is 0.261 e. The highest BCUT2D eigenvalue weighted by atomic mass is 32.2. The quantitative estimate of drug-likeness (QED) is 0.825. The summed E-state index contributed by atoms with van der Waals surface area (Å²) in [5.74, 6) is 1.32. The van der Waals surface area contributed by atoms with E-state index in [2.05, 4.69) is 10.0 Å². The van der Waals surface area contributed by atoms with E-state index >= 15 is 0 Å². The van der Waals surface area contributed by atoms with Crippen LogP contribution in [0.5, 0.6) is 0 Å². The lowest BCUT2D eigenvalue weighted by Crippen LogP contribution is -2.38. The fourth-order valence-corrected chi connectivity index (χ4v) is 5.35. The highest BCUT2D eigenvalue weighted by Gasteiger charge is 2.40. The van der Waals surface area contributed by atoms with Gasteiger partial charge in [-0.25, -0.2) is 8.42 Å². The van der Waals surface area contributed by atoms with Gasteiger partial charge in [-0.3, -0.25) is 9.52 Å². The number of fused-ring (bicyclic) bond motifs is 2. The molecule has 2 aromatic carbocycles. The summed E-state index contributed by atoms with van der Waals surface area (Å²) in [6.45, 7) is 1.91. The van der Waals surface area contributed by atoms with Crippen LogP contribution >= 0.6 is 0 Å². The molecule has 6 heteroatoms. The molecule has 2 aliphatic carbocycles. The number of sulfonamides is 1. The monoisotopic (exact) mass is 384 g/mol. The number of anilines is 1. The third-order valence-electron chi connectivity index (χ3n) is 5.79. The Morgan fingerprint density at radius 1 is 0.963 bits per heavy atom. The Labute approximate surface area is 160 Å². The predicted molar refractivity (Wildman–Crippen MR) is 105 cm³/mol. The number of aryl methyl sites for hydroxylation is 1. The van der Waals surface area contributed by atoms with Crippen LogP contribution in [0.2, 0.25) is 0 Å². The molecule has 0 unspecified atom stereocenters. The number of carbonyl (C=O) groups excluding carboxylic acids is 1. The molecule has 0 spiro atoms. The number of carbonyl (C=O) groups is 1. The van der Waals surface area contributed by atoms with Crippen LogP contribution in [0, 0.1) is 18.8 Å². The summed E-state index contributed by atoms with van der Waals surface area (Å²) < 4.78 is 27.4. The molecule has 0 aliphatic heterocycles. The van der Waals surface area contributed by atoms with Gasteiger partial charge < -0.3 is 5.32 Å². The van der Waals surface area contributed by atoms with Crippen LogP contribution in [0.3, 0.4) is 0 Å².